The average Bonchev–Trinajstić information content (AvgIpc) is 2.14. The van der Waals surface area contributed by atoms with Gasteiger partial charge < -0.3 is 10.6 Å². The van der Waals surface area contributed by atoms with Crippen LogP contribution >= 0.6 is 11.8 Å². The molecule has 4 heteroatoms. The van der Waals surface area contributed by atoms with Crippen LogP contribution in [0.15, 0.2) is 0 Å². The Morgan fingerprint density at radius 3 is 2.80 bits per heavy atom. The van der Waals surface area contributed by atoms with Gasteiger partial charge in [-0.05, 0) is 43.9 Å². The summed E-state index contributed by atoms with van der Waals surface area (Å²) in [5.41, 5.74) is 0. The van der Waals surface area contributed by atoms with Gasteiger partial charge in [-0.2, -0.15) is 11.8 Å². The molecule has 1 rings (SSSR count). The van der Waals surface area contributed by atoms with Gasteiger partial charge in [0.05, 0.1) is 0 Å². The topological polar surface area (TPSA) is 41.1 Å². The van der Waals surface area contributed by atoms with E-state index in [0.29, 0.717) is 5.92 Å². The lowest BCUT2D eigenvalue weighted by Gasteiger charge is -2.31. The summed E-state index contributed by atoms with van der Waals surface area (Å²) in [6.45, 7) is 4.87. The highest BCUT2D eigenvalue weighted by atomic mass is 32.2. The number of carbonyl (C=O) groups is 1. The Balaban J connectivity index is 2.02. The number of rotatable bonds is 7. The van der Waals surface area contributed by atoms with Gasteiger partial charge in [0.2, 0.25) is 5.91 Å². The quantitative estimate of drug-likeness (QED) is 0.644. The molecular formula is C11H22N2OS. The summed E-state index contributed by atoms with van der Waals surface area (Å²) in [6.07, 6.45) is 4.41. The Labute approximate surface area is 96.8 Å². The molecule has 0 aromatic heterocycles. The van der Waals surface area contributed by atoms with Crippen molar-refractivity contribution in [3.8, 4) is 0 Å². The van der Waals surface area contributed by atoms with Crippen molar-refractivity contribution in [3.63, 3.8) is 0 Å². The molecule has 0 saturated carbocycles. The predicted octanol–water partition coefficient (Wildman–Crippen LogP) is 1.10. The van der Waals surface area contributed by atoms with Gasteiger partial charge in [-0.1, -0.05) is 6.92 Å². The molecule has 1 amide bonds. The Hall–Kier alpha value is -0.220. The molecule has 1 saturated heterocycles. The summed E-state index contributed by atoms with van der Waals surface area (Å²) in [4.78, 5) is 11.7. The second kappa shape index (κ2) is 7.12. The second-order valence-electron chi connectivity index (χ2n) is 4.20. The number of amides is 1. The van der Waals surface area contributed by atoms with Crippen molar-refractivity contribution < 1.29 is 4.79 Å². The molecule has 1 fully saturated rings. The number of hydrogen-bond donors (Lipinski definition) is 2. The van der Waals surface area contributed by atoms with Crippen LogP contribution in [-0.2, 0) is 4.79 Å². The fraction of sp³-hybridized carbons (Fsp3) is 0.909. The van der Waals surface area contributed by atoms with E-state index >= 15 is 0 Å². The number of hydrogen-bond acceptors (Lipinski definition) is 3. The van der Waals surface area contributed by atoms with Gasteiger partial charge in [0, 0.05) is 12.5 Å². The van der Waals surface area contributed by atoms with Crippen LogP contribution in [0, 0.1) is 11.8 Å². The molecule has 0 aromatic carbocycles. The van der Waals surface area contributed by atoms with Crippen LogP contribution in [0.5, 0.6) is 0 Å². The molecule has 1 atom stereocenters. The van der Waals surface area contributed by atoms with Crippen molar-refractivity contribution in [3.05, 3.63) is 0 Å². The largest absolute Gasteiger partial charge is 0.356 e. The zero-order chi connectivity index (χ0) is 11.1. The summed E-state index contributed by atoms with van der Waals surface area (Å²) >= 11 is 1.86. The smallest absolute Gasteiger partial charge is 0.223 e. The summed E-state index contributed by atoms with van der Waals surface area (Å²) in [6, 6.07) is 0. The minimum Gasteiger partial charge on any atom is -0.356 e. The fourth-order valence-electron chi connectivity index (χ4n) is 1.62. The summed E-state index contributed by atoms with van der Waals surface area (Å²) < 4.78 is 0. The van der Waals surface area contributed by atoms with Crippen LogP contribution in [0.3, 0.4) is 0 Å². The zero-order valence-corrected chi connectivity index (χ0v) is 10.5. The standard InChI is InChI=1S/C11H22N2OS/c1-9(10-7-12-8-10)11(14)13-5-3-4-6-15-2/h9-10,12H,3-8H2,1-2H3,(H,13,14). The number of carbonyl (C=O) groups excluding carboxylic acids is 1. The van der Waals surface area contributed by atoms with Crippen molar-refractivity contribution in [1.29, 1.82) is 0 Å². The normalized spacial score (nSPS) is 18.3. The minimum absolute atomic E-state index is 0.173. The van der Waals surface area contributed by atoms with E-state index in [4.69, 9.17) is 0 Å². The van der Waals surface area contributed by atoms with E-state index in [0.717, 1.165) is 26.1 Å². The van der Waals surface area contributed by atoms with Crippen molar-refractivity contribution >= 4 is 17.7 Å². The third kappa shape index (κ3) is 4.43. The molecular weight excluding hydrogens is 208 g/mol. The maximum absolute atomic E-state index is 11.7. The Kier molecular flexibility index (Phi) is 6.10. The van der Waals surface area contributed by atoms with Gasteiger partial charge in [-0.3, -0.25) is 4.79 Å². The molecule has 0 aromatic rings. The van der Waals surface area contributed by atoms with E-state index in [1.807, 2.05) is 18.7 Å². The van der Waals surface area contributed by atoms with Gasteiger partial charge in [-0.15, -0.1) is 0 Å². The number of nitrogens with one attached hydrogen (secondary N) is 2. The molecule has 1 aliphatic heterocycles. The van der Waals surface area contributed by atoms with Gasteiger partial charge in [0.15, 0.2) is 0 Å². The third-order valence-electron chi connectivity index (χ3n) is 3.01. The van der Waals surface area contributed by atoms with Crippen LogP contribution in [-0.4, -0.2) is 37.6 Å². The first-order valence-electron chi connectivity index (χ1n) is 5.73. The first-order valence-corrected chi connectivity index (χ1v) is 7.12. The van der Waals surface area contributed by atoms with E-state index in [9.17, 15) is 4.79 Å². The lowest BCUT2D eigenvalue weighted by atomic mass is 9.88. The fourth-order valence-corrected chi connectivity index (χ4v) is 2.12. The molecule has 0 radical (unpaired) electrons. The van der Waals surface area contributed by atoms with E-state index in [2.05, 4.69) is 16.9 Å². The van der Waals surface area contributed by atoms with E-state index < -0.39 is 0 Å². The molecule has 0 spiro atoms. The zero-order valence-electron chi connectivity index (χ0n) is 9.71. The molecule has 1 unspecified atom stereocenters. The second-order valence-corrected chi connectivity index (χ2v) is 5.18. The van der Waals surface area contributed by atoms with Crippen LogP contribution in [0.4, 0.5) is 0 Å². The van der Waals surface area contributed by atoms with Crippen molar-refractivity contribution in [2.24, 2.45) is 11.8 Å². The molecule has 15 heavy (non-hydrogen) atoms. The highest BCUT2D eigenvalue weighted by Gasteiger charge is 2.28. The molecule has 1 aliphatic rings. The van der Waals surface area contributed by atoms with E-state index in [-0.39, 0.29) is 11.8 Å². The number of thioether (sulfide) groups is 1. The first kappa shape index (κ1) is 12.8. The average molecular weight is 230 g/mol. The highest BCUT2D eigenvalue weighted by molar-refractivity contribution is 7.98. The Morgan fingerprint density at radius 2 is 2.27 bits per heavy atom. The van der Waals surface area contributed by atoms with Gasteiger partial charge >= 0.3 is 0 Å². The highest BCUT2D eigenvalue weighted by Crippen LogP contribution is 2.15. The Morgan fingerprint density at radius 1 is 1.53 bits per heavy atom. The van der Waals surface area contributed by atoms with Crippen molar-refractivity contribution in [2.75, 3.05) is 31.6 Å². The third-order valence-corrected chi connectivity index (χ3v) is 3.71. The molecule has 88 valence electrons. The van der Waals surface area contributed by atoms with Crippen LogP contribution in [0.1, 0.15) is 19.8 Å². The van der Waals surface area contributed by atoms with Gasteiger partial charge in [0.25, 0.3) is 0 Å². The molecule has 1 heterocycles. The lowest BCUT2D eigenvalue weighted by molar-refractivity contribution is -0.126. The maximum atomic E-state index is 11.7. The molecule has 0 aliphatic carbocycles. The molecule has 2 N–H and O–H groups in total. The maximum Gasteiger partial charge on any atom is 0.223 e. The van der Waals surface area contributed by atoms with E-state index in [1.165, 1.54) is 12.2 Å². The molecule has 3 nitrogen and oxygen atoms in total. The number of unbranched alkanes of at least 4 members (excludes halogenated alkanes) is 1. The summed E-state index contributed by atoms with van der Waals surface area (Å²) in [7, 11) is 0. The summed E-state index contributed by atoms with van der Waals surface area (Å²) in [5.74, 6) is 2.14. The Bertz CT molecular complexity index is 195. The van der Waals surface area contributed by atoms with Crippen LogP contribution in [0.25, 0.3) is 0 Å². The van der Waals surface area contributed by atoms with Crippen molar-refractivity contribution in [1.82, 2.24) is 10.6 Å². The van der Waals surface area contributed by atoms with E-state index in [1.54, 1.807) is 0 Å². The lowest BCUT2D eigenvalue weighted by Crippen LogP contribution is -2.49. The minimum atomic E-state index is 0.173. The predicted molar refractivity (Wildman–Crippen MR) is 66.1 cm³/mol. The molecule has 0 bridgehead atoms. The summed E-state index contributed by atoms with van der Waals surface area (Å²) in [5, 5.41) is 6.21. The van der Waals surface area contributed by atoms with Crippen LogP contribution in [0.2, 0.25) is 0 Å². The van der Waals surface area contributed by atoms with Crippen molar-refractivity contribution in [2.45, 2.75) is 19.8 Å². The first-order chi connectivity index (χ1) is 7.25. The monoisotopic (exact) mass is 230 g/mol. The van der Waals surface area contributed by atoms with Gasteiger partial charge in [-0.25, -0.2) is 0 Å². The van der Waals surface area contributed by atoms with Crippen LogP contribution < -0.4 is 10.6 Å². The SMILES string of the molecule is CSCCCCNC(=O)C(C)C1CNC1. The van der Waals surface area contributed by atoms with Gasteiger partial charge in [0.1, 0.15) is 0 Å².